The van der Waals surface area contributed by atoms with Gasteiger partial charge in [-0.25, -0.2) is 4.68 Å². The molecule has 0 bridgehead atoms. The minimum atomic E-state index is -4.42. The van der Waals surface area contributed by atoms with E-state index < -0.39 is 11.9 Å². The van der Waals surface area contributed by atoms with Crippen LogP contribution >= 0.6 is 0 Å². The Morgan fingerprint density at radius 2 is 2.05 bits per heavy atom. The molecule has 0 fully saturated rings. The molecule has 1 aromatic carbocycles. The third kappa shape index (κ3) is 3.85. The highest BCUT2D eigenvalue weighted by atomic mass is 19.4. The highest BCUT2D eigenvalue weighted by Gasteiger charge is 2.33. The molecule has 21 heavy (non-hydrogen) atoms. The summed E-state index contributed by atoms with van der Waals surface area (Å²) >= 11 is 0. The molecule has 0 saturated carbocycles. The minimum Gasteiger partial charge on any atom is -0.310 e. The fraction of sp³-hybridized carbons (Fsp3) is 0.400. The maximum Gasteiger partial charge on any atom is 0.435 e. The highest BCUT2D eigenvalue weighted by Crippen LogP contribution is 2.28. The van der Waals surface area contributed by atoms with Crippen LogP contribution in [0.4, 0.5) is 13.2 Å². The van der Waals surface area contributed by atoms with Gasteiger partial charge in [0, 0.05) is 12.2 Å². The molecule has 0 spiro atoms. The van der Waals surface area contributed by atoms with Crippen LogP contribution in [0.5, 0.6) is 0 Å². The number of hydrogen-bond donors (Lipinski definition) is 1. The number of halogens is 3. The van der Waals surface area contributed by atoms with E-state index in [9.17, 15) is 13.2 Å². The van der Waals surface area contributed by atoms with Gasteiger partial charge in [0.15, 0.2) is 5.69 Å². The molecule has 0 aliphatic heterocycles. The zero-order valence-electron chi connectivity index (χ0n) is 12.0. The average Bonchev–Trinajstić information content (AvgIpc) is 2.95. The van der Waals surface area contributed by atoms with Gasteiger partial charge in [-0.2, -0.15) is 18.3 Å². The van der Waals surface area contributed by atoms with Crippen molar-refractivity contribution in [3.63, 3.8) is 0 Å². The number of nitrogens with zero attached hydrogens (tertiary/aromatic N) is 2. The SMILES string of the molecule is CCCNC(C)c1cccc(-n2ccc(C(F)(F)F)n2)c1. The molecule has 3 nitrogen and oxygen atoms in total. The Bertz CT molecular complexity index is 590. The van der Waals surface area contributed by atoms with Crippen molar-refractivity contribution in [1.82, 2.24) is 15.1 Å². The molecule has 2 rings (SSSR count). The smallest absolute Gasteiger partial charge is 0.310 e. The highest BCUT2D eigenvalue weighted by molar-refractivity contribution is 5.36. The van der Waals surface area contributed by atoms with Gasteiger partial charge < -0.3 is 5.32 Å². The molecular formula is C15H18F3N3. The lowest BCUT2D eigenvalue weighted by atomic mass is 10.1. The Hall–Kier alpha value is -1.82. The van der Waals surface area contributed by atoms with E-state index in [4.69, 9.17) is 0 Å². The van der Waals surface area contributed by atoms with E-state index in [0.717, 1.165) is 24.6 Å². The Morgan fingerprint density at radius 3 is 2.67 bits per heavy atom. The molecule has 2 aromatic rings. The zero-order valence-corrected chi connectivity index (χ0v) is 12.0. The second-order valence-corrected chi connectivity index (χ2v) is 4.91. The molecule has 1 heterocycles. The van der Waals surface area contributed by atoms with Crippen molar-refractivity contribution in [2.24, 2.45) is 0 Å². The molecule has 1 atom stereocenters. The second kappa shape index (κ2) is 6.30. The van der Waals surface area contributed by atoms with Crippen LogP contribution in [0.2, 0.25) is 0 Å². The first kappa shape index (κ1) is 15.6. The lowest BCUT2D eigenvalue weighted by molar-refractivity contribution is -0.141. The van der Waals surface area contributed by atoms with Crippen LogP contribution in [0.15, 0.2) is 36.5 Å². The van der Waals surface area contributed by atoms with Crippen molar-refractivity contribution >= 4 is 0 Å². The van der Waals surface area contributed by atoms with E-state index in [1.165, 1.54) is 10.9 Å². The molecule has 6 heteroatoms. The van der Waals surface area contributed by atoms with Crippen LogP contribution in [0.3, 0.4) is 0 Å². The van der Waals surface area contributed by atoms with Crippen molar-refractivity contribution in [3.05, 3.63) is 47.8 Å². The standard InChI is InChI=1S/C15H18F3N3/c1-3-8-19-11(2)12-5-4-6-13(10-12)21-9-7-14(20-21)15(16,17)18/h4-7,9-11,19H,3,8H2,1-2H3. The molecule has 0 aliphatic rings. The van der Waals surface area contributed by atoms with Crippen molar-refractivity contribution in [2.75, 3.05) is 6.54 Å². The number of benzene rings is 1. The second-order valence-electron chi connectivity index (χ2n) is 4.91. The predicted octanol–water partition coefficient (Wildman–Crippen LogP) is 3.95. The number of nitrogens with one attached hydrogen (secondary N) is 1. The monoisotopic (exact) mass is 297 g/mol. The molecule has 0 saturated heterocycles. The first-order valence-corrected chi connectivity index (χ1v) is 6.88. The number of aromatic nitrogens is 2. The number of hydrogen-bond acceptors (Lipinski definition) is 2. The Kier molecular flexibility index (Phi) is 4.67. The maximum atomic E-state index is 12.6. The van der Waals surface area contributed by atoms with E-state index in [1.54, 1.807) is 6.07 Å². The fourth-order valence-corrected chi connectivity index (χ4v) is 2.03. The molecule has 0 radical (unpaired) electrons. The molecule has 1 aromatic heterocycles. The van der Waals surface area contributed by atoms with Gasteiger partial charge in [-0.1, -0.05) is 19.1 Å². The molecule has 1 unspecified atom stereocenters. The van der Waals surface area contributed by atoms with Crippen LogP contribution in [0, 0.1) is 0 Å². The van der Waals surface area contributed by atoms with Crippen LogP contribution in [0.1, 0.15) is 37.6 Å². The third-order valence-electron chi connectivity index (χ3n) is 3.21. The van der Waals surface area contributed by atoms with E-state index in [1.807, 2.05) is 25.1 Å². The largest absolute Gasteiger partial charge is 0.435 e. The Labute approximate surface area is 121 Å². The summed E-state index contributed by atoms with van der Waals surface area (Å²) in [5.74, 6) is 0. The van der Waals surface area contributed by atoms with Crippen LogP contribution in [0.25, 0.3) is 5.69 Å². The van der Waals surface area contributed by atoms with E-state index >= 15 is 0 Å². The summed E-state index contributed by atoms with van der Waals surface area (Å²) in [7, 11) is 0. The fourth-order valence-electron chi connectivity index (χ4n) is 2.03. The van der Waals surface area contributed by atoms with Crippen LogP contribution in [-0.4, -0.2) is 16.3 Å². The van der Waals surface area contributed by atoms with E-state index in [-0.39, 0.29) is 6.04 Å². The molecular weight excluding hydrogens is 279 g/mol. The molecule has 0 amide bonds. The van der Waals surface area contributed by atoms with E-state index in [0.29, 0.717) is 5.69 Å². The maximum absolute atomic E-state index is 12.6. The number of alkyl halides is 3. The summed E-state index contributed by atoms with van der Waals surface area (Å²) in [5, 5.41) is 6.93. The van der Waals surface area contributed by atoms with Crippen molar-refractivity contribution in [3.8, 4) is 5.69 Å². The van der Waals surface area contributed by atoms with E-state index in [2.05, 4.69) is 17.3 Å². The first-order valence-electron chi connectivity index (χ1n) is 6.88. The van der Waals surface area contributed by atoms with Crippen LogP contribution in [-0.2, 0) is 6.18 Å². The Balaban J connectivity index is 2.23. The predicted molar refractivity (Wildman–Crippen MR) is 75.3 cm³/mol. The zero-order chi connectivity index (χ0) is 15.5. The minimum absolute atomic E-state index is 0.141. The van der Waals surface area contributed by atoms with Gasteiger partial charge in [0.05, 0.1) is 5.69 Å². The Morgan fingerprint density at radius 1 is 1.29 bits per heavy atom. The van der Waals surface area contributed by atoms with Gasteiger partial charge in [-0.15, -0.1) is 0 Å². The third-order valence-corrected chi connectivity index (χ3v) is 3.21. The van der Waals surface area contributed by atoms with Gasteiger partial charge in [-0.05, 0) is 43.7 Å². The molecule has 1 N–H and O–H groups in total. The molecule has 114 valence electrons. The molecule has 0 aliphatic carbocycles. The average molecular weight is 297 g/mol. The van der Waals surface area contributed by atoms with Gasteiger partial charge in [0.1, 0.15) is 0 Å². The quantitative estimate of drug-likeness (QED) is 0.905. The van der Waals surface area contributed by atoms with Crippen molar-refractivity contribution < 1.29 is 13.2 Å². The van der Waals surface area contributed by atoms with Gasteiger partial charge >= 0.3 is 6.18 Å². The summed E-state index contributed by atoms with van der Waals surface area (Å²) in [6.07, 6.45) is -2.07. The van der Waals surface area contributed by atoms with Gasteiger partial charge in [-0.3, -0.25) is 0 Å². The topological polar surface area (TPSA) is 29.9 Å². The van der Waals surface area contributed by atoms with Gasteiger partial charge in [0.2, 0.25) is 0 Å². The first-order chi connectivity index (χ1) is 9.91. The van der Waals surface area contributed by atoms with Gasteiger partial charge in [0.25, 0.3) is 0 Å². The van der Waals surface area contributed by atoms with Crippen molar-refractivity contribution in [1.29, 1.82) is 0 Å². The lowest BCUT2D eigenvalue weighted by Crippen LogP contribution is -2.19. The van der Waals surface area contributed by atoms with Crippen molar-refractivity contribution in [2.45, 2.75) is 32.5 Å². The van der Waals surface area contributed by atoms with Crippen LogP contribution < -0.4 is 5.32 Å². The summed E-state index contributed by atoms with van der Waals surface area (Å²) < 4.78 is 39.0. The summed E-state index contributed by atoms with van der Waals surface area (Å²) in [6.45, 7) is 5.00. The summed E-state index contributed by atoms with van der Waals surface area (Å²) in [5.41, 5.74) is 0.753. The summed E-state index contributed by atoms with van der Waals surface area (Å²) in [6, 6.07) is 8.48. The lowest BCUT2D eigenvalue weighted by Gasteiger charge is -2.14. The number of rotatable bonds is 5. The normalized spacial score (nSPS) is 13.4. The summed E-state index contributed by atoms with van der Waals surface area (Å²) in [4.78, 5) is 0.